The van der Waals surface area contributed by atoms with Crippen molar-refractivity contribution < 1.29 is 4.39 Å². The minimum Gasteiger partial charge on any atom is -0.312 e. The third-order valence-corrected chi connectivity index (χ3v) is 5.20. The normalized spacial score (nSPS) is 18.9. The zero-order chi connectivity index (χ0) is 14.1. The van der Waals surface area contributed by atoms with Gasteiger partial charge in [-0.25, -0.2) is 4.39 Å². The zero-order valence-electron chi connectivity index (χ0n) is 11.7. The van der Waals surface area contributed by atoms with Crippen LogP contribution in [0.2, 0.25) is 0 Å². The van der Waals surface area contributed by atoms with Gasteiger partial charge in [0.15, 0.2) is 0 Å². The van der Waals surface area contributed by atoms with Gasteiger partial charge in [-0.1, -0.05) is 30.3 Å². The highest BCUT2D eigenvalue weighted by Gasteiger charge is 2.30. The highest BCUT2D eigenvalue weighted by molar-refractivity contribution is 7.99. The summed E-state index contributed by atoms with van der Waals surface area (Å²) in [5.41, 5.74) is 3.27. The van der Waals surface area contributed by atoms with Gasteiger partial charge in [0, 0.05) is 22.6 Å². The molecule has 2 aromatic rings. The monoisotopic (exact) mass is 287 g/mol. The first-order valence-electron chi connectivity index (χ1n) is 6.85. The maximum absolute atomic E-state index is 13.5. The molecule has 0 aromatic heterocycles. The van der Waals surface area contributed by atoms with Gasteiger partial charge in [-0.15, -0.1) is 11.8 Å². The number of aryl methyl sites for hydroxylation is 1. The van der Waals surface area contributed by atoms with E-state index in [1.54, 1.807) is 6.07 Å². The Morgan fingerprint density at radius 3 is 2.80 bits per heavy atom. The second kappa shape index (κ2) is 5.58. The standard InChI is InChI=1S/C17H18FNS/c1-11-9-12(7-8-15(11)18)17(19-2)14-10-20-16-6-4-3-5-13(14)16/h3-9,14,17,19H,10H2,1-2H3. The number of halogens is 1. The molecule has 1 N–H and O–H groups in total. The molecule has 20 heavy (non-hydrogen) atoms. The lowest BCUT2D eigenvalue weighted by molar-refractivity contribution is 0.512. The molecule has 1 nitrogen and oxygen atoms in total. The Bertz CT molecular complexity index is 626. The number of likely N-dealkylation sites (N-methyl/N-ethyl adjacent to an activating group) is 1. The number of hydrogen-bond acceptors (Lipinski definition) is 2. The van der Waals surface area contributed by atoms with Crippen molar-refractivity contribution in [3.8, 4) is 0 Å². The summed E-state index contributed by atoms with van der Waals surface area (Å²) in [6, 6.07) is 14.2. The van der Waals surface area contributed by atoms with Gasteiger partial charge in [0.1, 0.15) is 5.82 Å². The third-order valence-electron chi connectivity index (χ3n) is 3.99. The van der Waals surface area contributed by atoms with Crippen LogP contribution >= 0.6 is 11.8 Å². The summed E-state index contributed by atoms with van der Waals surface area (Å²) in [5, 5.41) is 3.41. The Kier molecular flexibility index (Phi) is 3.81. The van der Waals surface area contributed by atoms with Crippen LogP contribution in [-0.2, 0) is 0 Å². The van der Waals surface area contributed by atoms with E-state index in [4.69, 9.17) is 0 Å². The Hall–Kier alpha value is -1.32. The molecule has 0 amide bonds. The highest BCUT2D eigenvalue weighted by Crippen LogP contribution is 2.45. The molecule has 3 heteroatoms. The molecule has 2 aromatic carbocycles. The number of fused-ring (bicyclic) bond motifs is 1. The molecule has 1 aliphatic heterocycles. The third kappa shape index (κ3) is 2.36. The quantitative estimate of drug-likeness (QED) is 0.904. The van der Waals surface area contributed by atoms with Crippen LogP contribution in [0, 0.1) is 12.7 Å². The fourth-order valence-corrected chi connectivity index (χ4v) is 4.22. The summed E-state index contributed by atoms with van der Waals surface area (Å²) in [4.78, 5) is 1.37. The topological polar surface area (TPSA) is 12.0 Å². The SMILES string of the molecule is CNC(c1ccc(F)c(C)c1)C1CSc2ccccc21. The molecule has 1 heterocycles. The van der Waals surface area contributed by atoms with Crippen molar-refractivity contribution in [2.75, 3.05) is 12.8 Å². The number of nitrogens with one attached hydrogen (secondary N) is 1. The number of rotatable bonds is 3. The van der Waals surface area contributed by atoms with E-state index in [-0.39, 0.29) is 11.9 Å². The van der Waals surface area contributed by atoms with Crippen molar-refractivity contribution in [2.45, 2.75) is 23.8 Å². The van der Waals surface area contributed by atoms with E-state index >= 15 is 0 Å². The molecule has 0 bridgehead atoms. The first-order valence-corrected chi connectivity index (χ1v) is 7.84. The fourth-order valence-electron chi connectivity index (χ4n) is 2.92. The lowest BCUT2D eigenvalue weighted by Crippen LogP contribution is -2.24. The summed E-state index contributed by atoms with van der Waals surface area (Å²) in [6.45, 7) is 1.82. The Morgan fingerprint density at radius 2 is 2.05 bits per heavy atom. The van der Waals surface area contributed by atoms with Crippen molar-refractivity contribution in [1.29, 1.82) is 0 Å². The molecule has 2 atom stereocenters. The van der Waals surface area contributed by atoms with Crippen LogP contribution in [0.25, 0.3) is 0 Å². The van der Waals surface area contributed by atoms with E-state index in [1.807, 2.05) is 37.9 Å². The van der Waals surface area contributed by atoms with Gasteiger partial charge >= 0.3 is 0 Å². The molecule has 1 aliphatic rings. The molecule has 0 saturated heterocycles. The van der Waals surface area contributed by atoms with Crippen LogP contribution in [0.15, 0.2) is 47.4 Å². The maximum atomic E-state index is 13.5. The minimum absolute atomic E-state index is 0.134. The molecule has 2 unspecified atom stereocenters. The molecular formula is C17H18FNS. The Labute approximate surface area is 123 Å². The lowest BCUT2D eigenvalue weighted by atomic mass is 9.88. The van der Waals surface area contributed by atoms with E-state index in [0.29, 0.717) is 11.5 Å². The zero-order valence-corrected chi connectivity index (χ0v) is 12.5. The minimum atomic E-state index is -0.134. The van der Waals surface area contributed by atoms with Crippen LogP contribution in [0.4, 0.5) is 4.39 Å². The van der Waals surface area contributed by atoms with Crippen molar-refractivity contribution in [3.63, 3.8) is 0 Å². The second-order valence-corrected chi connectivity index (χ2v) is 6.29. The van der Waals surface area contributed by atoms with Gasteiger partial charge in [-0.2, -0.15) is 0 Å². The lowest BCUT2D eigenvalue weighted by Gasteiger charge is -2.24. The van der Waals surface area contributed by atoms with Crippen LogP contribution in [0.5, 0.6) is 0 Å². The summed E-state index contributed by atoms with van der Waals surface area (Å²) >= 11 is 1.91. The Balaban J connectivity index is 1.97. The van der Waals surface area contributed by atoms with Gasteiger partial charge < -0.3 is 5.32 Å². The Morgan fingerprint density at radius 1 is 1.25 bits per heavy atom. The van der Waals surface area contributed by atoms with Gasteiger partial charge in [0.05, 0.1) is 0 Å². The van der Waals surface area contributed by atoms with Crippen LogP contribution in [0.1, 0.15) is 28.7 Å². The number of benzene rings is 2. The number of thioether (sulfide) groups is 1. The van der Waals surface area contributed by atoms with Crippen LogP contribution < -0.4 is 5.32 Å². The molecule has 0 radical (unpaired) electrons. The van der Waals surface area contributed by atoms with E-state index in [1.165, 1.54) is 10.5 Å². The first kappa shape index (κ1) is 13.7. The molecular weight excluding hydrogens is 269 g/mol. The van der Waals surface area contributed by atoms with Crippen molar-refractivity contribution in [2.24, 2.45) is 0 Å². The number of hydrogen-bond donors (Lipinski definition) is 1. The summed E-state index contributed by atoms with van der Waals surface area (Å²) in [7, 11) is 1.98. The average molecular weight is 287 g/mol. The van der Waals surface area contributed by atoms with Gasteiger partial charge in [-0.05, 0) is 42.8 Å². The van der Waals surface area contributed by atoms with Crippen LogP contribution in [0.3, 0.4) is 0 Å². The molecule has 3 rings (SSSR count). The highest BCUT2D eigenvalue weighted by atomic mass is 32.2. The van der Waals surface area contributed by atoms with Crippen molar-refractivity contribution in [3.05, 3.63) is 65.0 Å². The molecule has 0 spiro atoms. The van der Waals surface area contributed by atoms with Crippen molar-refractivity contribution >= 4 is 11.8 Å². The van der Waals surface area contributed by atoms with E-state index < -0.39 is 0 Å². The average Bonchev–Trinajstić information content (AvgIpc) is 2.88. The fraction of sp³-hybridized carbons (Fsp3) is 0.294. The molecule has 104 valence electrons. The summed E-state index contributed by atoms with van der Waals surface area (Å²) in [6.07, 6.45) is 0. The van der Waals surface area contributed by atoms with E-state index in [2.05, 4.69) is 29.6 Å². The van der Waals surface area contributed by atoms with E-state index in [9.17, 15) is 4.39 Å². The maximum Gasteiger partial charge on any atom is 0.126 e. The van der Waals surface area contributed by atoms with Crippen LogP contribution in [-0.4, -0.2) is 12.8 Å². The first-order chi connectivity index (χ1) is 9.70. The predicted molar refractivity (Wildman–Crippen MR) is 82.8 cm³/mol. The van der Waals surface area contributed by atoms with Gasteiger partial charge in [-0.3, -0.25) is 0 Å². The molecule has 0 fully saturated rings. The van der Waals surface area contributed by atoms with Gasteiger partial charge in [0.25, 0.3) is 0 Å². The smallest absolute Gasteiger partial charge is 0.126 e. The predicted octanol–water partition coefficient (Wildman–Crippen LogP) is 4.28. The van der Waals surface area contributed by atoms with E-state index in [0.717, 1.165) is 11.3 Å². The largest absolute Gasteiger partial charge is 0.312 e. The summed E-state index contributed by atoms with van der Waals surface area (Å²) < 4.78 is 13.5. The van der Waals surface area contributed by atoms with Gasteiger partial charge in [0.2, 0.25) is 0 Å². The molecule has 0 aliphatic carbocycles. The van der Waals surface area contributed by atoms with Crippen molar-refractivity contribution in [1.82, 2.24) is 5.32 Å². The summed E-state index contributed by atoms with van der Waals surface area (Å²) in [5.74, 6) is 1.37. The molecule has 0 saturated carbocycles. The second-order valence-electron chi connectivity index (χ2n) is 5.23.